The highest BCUT2D eigenvalue weighted by Crippen LogP contribution is 2.36. The Hall–Kier alpha value is -2.88. The van der Waals surface area contributed by atoms with Crippen LogP contribution in [0.5, 0.6) is 11.5 Å². The van der Waals surface area contributed by atoms with Crippen molar-refractivity contribution in [2.24, 2.45) is 0 Å². The average molecular weight is 534 g/mol. The first-order chi connectivity index (χ1) is 14.6. The third-order valence-electron chi connectivity index (χ3n) is 4.62. The fourth-order valence-electron chi connectivity index (χ4n) is 3.18. The van der Waals surface area contributed by atoms with E-state index in [0.717, 1.165) is 19.6 Å². The van der Waals surface area contributed by atoms with Gasteiger partial charge in [-0.2, -0.15) is 0 Å². The number of ether oxygens (including phenoxy) is 2. The van der Waals surface area contributed by atoms with Gasteiger partial charge in [0.15, 0.2) is 11.5 Å². The summed E-state index contributed by atoms with van der Waals surface area (Å²) in [5.74, 6) is -0.350. The van der Waals surface area contributed by atoms with Crippen molar-refractivity contribution in [1.82, 2.24) is 5.32 Å². The number of benzene rings is 2. The molecular formula is C23H23IN2O5. The lowest BCUT2D eigenvalue weighted by molar-refractivity contribution is -0.122. The molecule has 1 heterocycles. The predicted octanol–water partition coefficient (Wildman–Crippen LogP) is 4.37. The van der Waals surface area contributed by atoms with Gasteiger partial charge in [-0.3, -0.25) is 14.9 Å². The second-order valence-electron chi connectivity index (χ2n) is 7.45. The fourth-order valence-corrected chi connectivity index (χ4v) is 3.93. The number of rotatable bonds is 5. The Morgan fingerprint density at radius 3 is 2.45 bits per heavy atom. The van der Waals surface area contributed by atoms with Crippen LogP contribution >= 0.6 is 22.6 Å². The molecule has 3 rings (SSSR count). The third-order valence-corrected chi connectivity index (χ3v) is 5.42. The number of imide groups is 2. The zero-order valence-electron chi connectivity index (χ0n) is 17.9. The van der Waals surface area contributed by atoms with E-state index in [9.17, 15) is 14.4 Å². The van der Waals surface area contributed by atoms with Crippen LogP contribution in [0.1, 0.15) is 30.5 Å². The second kappa shape index (κ2) is 9.09. The minimum Gasteiger partial charge on any atom is -0.493 e. The number of barbiturate groups is 1. The summed E-state index contributed by atoms with van der Waals surface area (Å²) in [5, 5.41) is 2.26. The lowest BCUT2D eigenvalue weighted by Gasteiger charge is -2.28. The highest BCUT2D eigenvalue weighted by Gasteiger charge is 2.37. The van der Waals surface area contributed by atoms with Crippen LogP contribution in [0.2, 0.25) is 0 Å². The predicted molar refractivity (Wildman–Crippen MR) is 126 cm³/mol. The Morgan fingerprint density at radius 2 is 1.81 bits per heavy atom. The van der Waals surface area contributed by atoms with Gasteiger partial charge in [-0.05, 0) is 91.3 Å². The van der Waals surface area contributed by atoms with Gasteiger partial charge < -0.3 is 9.47 Å². The van der Waals surface area contributed by atoms with E-state index in [1.54, 1.807) is 25.1 Å². The number of urea groups is 1. The van der Waals surface area contributed by atoms with Crippen LogP contribution < -0.4 is 19.7 Å². The average Bonchev–Trinajstić information content (AvgIpc) is 2.69. The molecule has 1 saturated heterocycles. The standard InChI is InChI=1S/C23H23IN2O5/c1-12(2)31-20-17(24)10-15(11-19(20)30-5)9-16-21(27)25-23(29)26(22(16)28)18-8-13(3)6-7-14(18)4/h6-12H,1-5H3,(H,25,27,29)/b16-9+. The number of amides is 4. The zero-order chi connectivity index (χ0) is 22.9. The van der Waals surface area contributed by atoms with Crippen LogP contribution in [0, 0.1) is 17.4 Å². The van der Waals surface area contributed by atoms with Crippen molar-refractivity contribution < 1.29 is 23.9 Å². The molecule has 162 valence electrons. The summed E-state index contributed by atoms with van der Waals surface area (Å²) in [6.07, 6.45) is 1.40. The van der Waals surface area contributed by atoms with Crippen LogP contribution in [0.25, 0.3) is 6.08 Å². The molecule has 1 fully saturated rings. The largest absolute Gasteiger partial charge is 0.493 e. The van der Waals surface area contributed by atoms with E-state index in [4.69, 9.17) is 9.47 Å². The Morgan fingerprint density at radius 1 is 1.10 bits per heavy atom. The molecule has 0 aromatic heterocycles. The molecule has 1 aliphatic heterocycles. The number of halogens is 1. The number of methoxy groups -OCH3 is 1. The number of hydrogen-bond acceptors (Lipinski definition) is 5. The smallest absolute Gasteiger partial charge is 0.335 e. The highest BCUT2D eigenvalue weighted by molar-refractivity contribution is 14.1. The van der Waals surface area contributed by atoms with Crippen LogP contribution in [0.15, 0.2) is 35.9 Å². The van der Waals surface area contributed by atoms with Crippen LogP contribution in [0.4, 0.5) is 10.5 Å². The van der Waals surface area contributed by atoms with Crippen molar-refractivity contribution in [2.75, 3.05) is 12.0 Å². The van der Waals surface area contributed by atoms with Gasteiger partial charge in [0.1, 0.15) is 5.57 Å². The molecule has 1 N–H and O–H groups in total. The Labute approximate surface area is 194 Å². The van der Waals surface area contributed by atoms with E-state index in [2.05, 4.69) is 27.9 Å². The van der Waals surface area contributed by atoms with Crippen molar-refractivity contribution in [3.05, 3.63) is 56.2 Å². The van der Waals surface area contributed by atoms with Gasteiger partial charge in [-0.25, -0.2) is 9.69 Å². The Kier molecular flexibility index (Phi) is 6.68. The maximum absolute atomic E-state index is 13.2. The summed E-state index contributed by atoms with van der Waals surface area (Å²) in [6, 6.07) is 8.16. The first-order valence-corrected chi connectivity index (χ1v) is 10.7. The highest BCUT2D eigenvalue weighted by atomic mass is 127. The Balaban J connectivity index is 2.06. The molecule has 0 atom stereocenters. The van der Waals surface area contributed by atoms with E-state index >= 15 is 0 Å². The second-order valence-corrected chi connectivity index (χ2v) is 8.61. The molecule has 7 nitrogen and oxygen atoms in total. The molecule has 2 aromatic rings. The lowest BCUT2D eigenvalue weighted by atomic mass is 10.0. The minimum atomic E-state index is -0.770. The quantitative estimate of drug-likeness (QED) is 0.350. The summed E-state index contributed by atoms with van der Waals surface area (Å²) in [7, 11) is 1.52. The number of carbonyl (C=O) groups excluding carboxylic acids is 3. The van der Waals surface area contributed by atoms with Crippen molar-refractivity contribution in [3.8, 4) is 11.5 Å². The number of hydrogen-bond donors (Lipinski definition) is 1. The van der Waals surface area contributed by atoms with E-state index in [1.807, 2.05) is 32.9 Å². The summed E-state index contributed by atoms with van der Waals surface area (Å²) >= 11 is 2.11. The van der Waals surface area contributed by atoms with E-state index in [1.165, 1.54) is 13.2 Å². The molecule has 0 bridgehead atoms. The number of aryl methyl sites for hydroxylation is 2. The third kappa shape index (κ3) is 4.73. The van der Waals surface area contributed by atoms with Gasteiger partial charge in [0.05, 0.1) is 22.5 Å². The van der Waals surface area contributed by atoms with Crippen molar-refractivity contribution in [2.45, 2.75) is 33.8 Å². The van der Waals surface area contributed by atoms with Crippen LogP contribution in [-0.2, 0) is 9.59 Å². The fraction of sp³-hybridized carbons (Fsp3) is 0.261. The molecular weight excluding hydrogens is 511 g/mol. The molecule has 2 aromatic carbocycles. The van der Waals surface area contributed by atoms with Gasteiger partial charge >= 0.3 is 6.03 Å². The monoisotopic (exact) mass is 534 g/mol. The first-order valence-electron chi connectivity index (χ1n) is 9.65. The molecule has 0 unspecified atom stereocenters. The van der Waals surface area contributed by atoms with Gasteiger partial charge in [0, 0.05) is 0 Å². The first kappa shape index (κ1) is 22.8. The maximum Gasteiger partial charge on any atom is 0.335 e. The lowest BCUT2D eigenvalue weighted by Crippen LogP contribution is -2.54. The molecule has 31 heavy (non-hydrogen) atoms. The Bertz CT molecular complexity index is 1110. The van der Waals surface area contributed by atoms with E-state index < -0.39 is 17.8 Å². The zero-order valence-corrected chi connectivity index (χ0v) is 20.1. The van der Waals surface area contributed by atoms with Crippen molar-refractivity contribution >= 4 is 52.2 Å². The number of nitrogens with one attached hydrogen (secondary N) is 1. The van der Waals surface area contributed by atoms with Gasteiger partial charge in [0.25, 0.3) is 11.8 Å². The minimum absolute atomic E-state index is 0.0468. The summed E-state index contributed by atoms with van der Waals surface area (Å²) < 4.78 is 12.0. The van der Waals surface area contributed by atoms with Gasteiger partial charge in [-0.15, -0.1) is 0 Å². The van der Waals surface area contributed by atoms with Crippen molar-refractivity contribution in [3.63, 3.8) is 0 Å². The van der Waals surface area contributed by atoms with Gasteiger partial charge in [-0.1, -0.05) is 12.1 Å². The normalized spacial score (nSPS) is 15.5. The molecule has 1 aliphatic rings. The molecule has 8 heteroatoms. The molecule has 0 aliphatic carbocycles. The molecule has 0 radical (unpaired) electrons. The number of anilines is 1. The number of nitrogens with zero attached hydrogens (tertiary/aromatic N) is 1. The SMILES string of the molecule is COc1cc(/C=C2\C(=O)NC(=O)N(c3cc(C)ccc3C)C2=O)cc(I)c1OC(C)C. The number of carbonyl (C=O) groups is 3. The maximum atomic E-state index is 13.2. The van der Waals surface area contributed by atoms with E-state index in [0.29, 0.717) is 22.7 Å². The van der Waals surface area contributed by atoms with Crippen molar-refractivity contribution in [1.29, 1.82) is 0 Å². The van der Waals surface area contributed by atoms with Crippen LogP contribution in [-0.4, -0.2) is 31.1 Å². The molecule has 0 spiro atoms. The molecule has 4 amide bonds. The van der Waals surface area contributed by atoms with Gasteiger partial charge in [0.2, 0.25) is 0 Å². The molecule has 0 saturated carbocycles. The topological polar surface area (TPSA) is 84.9 Å². The van der Waals surface area contributed by atoms with E-state index in [-0.39, 0.29) is 11.7 Å². The summed E-state index contributed by atoms with van der Waals surface area (Å²) in [6.45, 7) is 7.49. The summed E-state index contributed by atoms with van der Waals surface area (Å²) in [4.78, 5) is 39.2. The van der Waals surface area contributed by atoms with Crippen LogP contribution in [0.3, 0.4) is 0 Å². The summed E-state index contributed by atoms with van der Waals surface area (Å²) in [5.41, 5.74) is 2.51.